The fraction of sp³-hybridized carbons (Fsp3) is 0.409. The molecule has 2 aromatic carbocycles. The minimum absolute atomic E-state index is 0.0292. The molecule has 1 spiro atoms. The number of hydrogen-bond acceptors (Lipinski definition) is 2. The van der Waals surface area contributed by atoms with Gasteiger partial charge in [-0.05, 0) is 42.7 Å². The summed E-state index contributed by atoms with van der Waals surface area (Å²) in [6.07, 6.45) is 6.13. The first-order valence-corrected chi connectivity index (χ1v) is 10.5. The molecule has 26 heavy (non-hydrogen) atoms. The predicted octanol–water partition coefficient (Wildman–Crippen LogP) is 6.61. The van der Waals surface area contributed by atoms with Gasteiger partial charge in [-0.1, -0.05) is 73.3 Å². The average molecular weight is 414 g/mol. The molecule has 0 aromatic heterocycles. The van der Waals surface area contributed by atoms with Crippen LogP contribution in [0.25, 0.3) is 0 Å². The lowest BCUT2D eigenvalue weighted by molar-refractivity contribution is 0.403. The zero-order valence-electron chi connectivity index (χ0n) is 15.7. The summed E-state index contributed by atoms with van der Waals surface area (Å²) in [6, 6.07) is 16.8. The molecule has 1 aliphatic heterocycles. The SMILES string of the molecule is Brc1cccc(CN=C2Nc3ccccc3NC23CCCCC3)c1.CC. The Hall–Kier alpha value is -1.81. The third-order valence-corrected chi connectivity index (χ3v) is 5.52. The van der Waals surface area contributed by atoms with Crippen LogP contribution in [-0.4, -0.2) is 11.4 Å². The molecule has 0 amide bonds. The van der Waals surface area contributed by atoms with E-state index in [4.69, 9.17) is 4.99 Å². The van der Waals surface area contributed by atoms with E-state index < -0.39 is 0 Å². The van der Waals surface area contributed by atoms with E-state index in [0.717, 1.165) is 28.8 Å². The first-order valence-electron chi connectivity index (χ1n) is 9.69. The van der Waals surface area contributed by atoms with Crippen LogP contribution >= 0.6 is 15.9 Å². The van der Waals surface area contributed by atoms with E-state index in [-0.39, 0.29) is 5.54 Å². The van der Waals surface area contributed by atoms with Gasteiger partial charge in [-0.3, -0.25) is 4.99 Å². The zero-order valence-corrected chi connectivity index (χ0v) is 17.3. The maximum Gasteiger partial charge on any atom is 0.127 e. The number of para-hydroxylation sites is 2. The van der Waals surface area contributed by atoms with Crippen molar-refractivity contribution >= 4 is 33.1 Å². The van der Waals surface area contributed by atoms with Crippen molar-refractivity contribution in [2.45, 2.75) is 58.0 Å². The van der Waals surface area contributed by atoms with Crippen LogP contribution in [0, 0.1) is 0 Å². The largest absolute Gasteiger partial charge is 0.371 e. The van der Waals surface area contributed by atoms with E-state index in [0.29, 0.717) is 6.54 Å². The zero-order chi connectivity index (χ0) is 18.4. The first-order chi connectivity index (χ1) is 12.8. The van der Waals surface area contributed by atoms with Crippen LogP contribution in [-0.2, 0) is 6.54 Å². The maximum absolute atomic E-state index is 4.99. The van der Waals surface area contributed by atoms with Crippen molar-refractivity contribution in [1.82, 2.24) is 0 Å². The van der Waals surface area contributed by atoms with Crippen molar-refractivity contribution in [2.24, 2.45) is 4.99 Å². The van der Waals surface area contributed by atoms with Crippen molar-refractivity contribution in [1.29, 1.82) is 0 Å². The topological polar surface area (TPSA) is 36.4 Å². The highest BCUT2D eigenvalue weighted by molar-refractivity contribution is 9.10. The second kappa shape index (κ2) is 8.72. The molecule has 4 rings (SSSR count). The number of fused-ring (bicyclic) bond motifs is 1. The highest BCUT2D eigenvalue weighted by Gasteiger charge is 2.40. The van der Waals surface area contributed by atoms with Gasteiger partial charge in [0.15, 0.2) is 0 Å². The molecule has 4 heteroatoms. The Balaban J connectivity index is 0.000000948. The van der Waals surface area contributed by atoms with Crippen molar-refractivity contribution in [3.8, 4) is 0 Å². The van der Waals surface area contributed by atoms with Gasteiger partial charge in [-0.2, -0.15) is 0 Å². The van der Waals surface area contributed by atoms with Crippen LogP contribution < -0.4 is 10.6 Å². The van der Waals surface area contributed by atoms with Crippen LogP contribution in [0.3, 0.4) is 0 Å². The normalized spacial score (nSPS) is 19.0. The van der Waals surface area contributed by atoms with Gasteiger partial charge in [0.05, 0.1) is 23.5 Å². The summed E-state index contributed by atoms with van der Waals surface area (Å²) in [5.41, 5.74) is 3.52. The Kier molecular flexibility index (Phi) is 6.36. The van der Waals surface area contributed by atoms with E-state index in [1.807, 2.05) is 13.8 Å². The van der Waals surface area contributed by atoms with Gasteiger partial charge in [0, 0.05) is 4.47 Å². The monoisotopic (exact) mass is 413 g/mol. The Morgan fingerprint density at radius 1 is 0.962 bits per heavy atom. The molecule has 138 valence electrons. The molecule has 2 aromatic rings. The van der Waals surface area contributed by atoms with Crippen LogP contribution in [0.4, 0.5) is 11.4 Å². The summed E-state index contributed by atoms with van der Waals surface area (Å²) in [5, 5.41) is 7.43. The molecule has 1 saturated carbocycles. The highest BCUT2D eigenvalue weighted by atomic mass is 79.9. The summed E-state index contributed by atoms with van der Waals surface area (Å²) in [6.45, 7) is 4.70. The number of halogens is 1. The smallest absolute Gasteiger partial charge is 0.127 e. The van der Waals surface area contributed by atoms with E-state index in [1.165, 1.54) is 30.5 Å². The Morgan fingerprint density at radius 2 is 1.69 bits per heavy atom. The van der Waals surface area contributed by atoms with Crippen molar-refractivity contribution in [3.63, 3.8) is 0 Å². The Labute approximate surface area is 165 Å². The van der Waals surface area contributed by atoms with E-state index in [1.54, 1.807) is 0 Å². The standard InChI is InChI=1S/C20H22BrN3.C2H6/c21-16-8-6-7-15(13-16)14-22-19-20(11-4-1-5-12-20)24-18-10-3-2-9-17(18)23-19;1-2/h2-3,6-10,13,24H,1,4-5,11-12,14H2,(H,22,23);1-2H3. The van der Waals surface area contributed by atoms with E-state index >= 15 is 0 Å². The lowest BCUT2D eigenvalue weighted by Crippen LogP contribution is -2.53. The molecule has 0 saturated heterocycles. The molecule has 3 nitrogen and oxygen atoms in total. The number of rotatable bonds is 2. The van der Waals surface area contributed by atoms with Crippen LogP contribution in [0.1, 0.15) is 51.5 Å². The van der Waals surface area contributed by atoms with Gasteiger partial charge in [-0.15, -0.1) is 0 Å². The number of nitrogens with one attached hydrogen (secondary N) is 2. The van der Waals surface area contributed by atoms with E-state index in [2.05, 4.69) is 75.1 Å². The van der Waals surface area contributed by atoms with E-state index in [9.17, 15) is 0 Å². The lowest BCUT2D eigenvalue weighted by atomic mass is 9.79. The molecule has 1 heterocycles. The molecule has 1 aliphatic carbocycles. The number of hydrogen-bond donors (Lipinski definition) is 2. The maximum atomic E-state index is 4.99. The highest BCUT2D eigenvalue weighted by Crippen LogP contribution is 2.39. The molecular formula is C22H28BrN3. The van der Waals surface area contributed by atoms with Gasteiger partial charge in [0.25, 0.3) is 0 Å². The summed E-state index contributed by atoms with van der Waals surface area (Å²) >= 11 is 3.54. The van der Waals surface area contributed by atoms with Crippen LogP contribution in [0.15, 0.2) is 58.0 Å². The molecule has 0 unspecified atom stereocenters. The van der Waals surface area contributed by atoms with Gasteiger partial charge >= 0.3 is 0 Å². The molecule has 0 radical (unpaired) electrons. The summed E-state index contributed by atoms with van der Waals surface area (Å²) in [4.78, 5) is 4.99. The number of anilines is 2. The molecule has 2 N–H and O–H groups in total. The van der Waals surface area contributed by atoms with Gasteiger partial charge < -0.3 is 10.6 Å². The average Bonchev–Trinajstić information content (AvgIpc) is 2.69. The summed E-state index contributed by atoms with van der Waals surface area (Å²) in [5.74, 6) is 1.10. The molecule has 0 bridgehead atoms. The molecule has 0 atom stereocenters. The fourth-order valence-corrected chi connectivity index (χ4v) is 4.23. The molecule has 2 aliphatic rings. The number of benzene rings is 2. The lowest BCUT2D eigenvalue weighted by Gasteiger charge is -2.44. The summed E-state index contributed by atoms with van der Waals surface area (Å²) < 4.78 is 1.10. The van der Waals surface area contributed by atoms with Crippen LogP contribution in [0.5, 0.6) is 0 Å². The van der Waals surface area contributed by atoms with Gasteiger partial charge in [0.1, 0.15) is 5.84 Å². The Bertz CT molecular complexity index is 763. The fourth-order valence-electron chi connectivity index (χ4n) is 3.78. The Morgan fingerprint density at radius 3 is 2.42 bits per heavy atom. The summed E-state index contributed by atoms with van der Waals surface area (Å²) in [7, 11) is 0. The predicted molar refractivity (Wildman–Crippen MR) is 116 cm³/mol. The quantitative estimate of drug-likeness (QED) is 0.580. The van der Waals surface area contributed by atoms with Crippen LogP contribution in [0.2, 0.25) is 0 Å². The van der Waals surface area contributed by atoms with Gasteiger partial charge in [-0.25, -0.2) is 0 Å². The third-order valence-electron chi connectivity index (χ3n) is 5.02. The minimum atomic E-state index is -0.0292. The second-order valence-electron chi connectivity index (χ2n) is 6.73. The van der Waals surface area contributed by atoms with Gasteiger partial charge in [0.2, 0.25) is 0 Å². The molecule has 1 fully saturated rings. The number of amidine groups is 1. The number of aliphatic imine (C=N–C) groups is 1. The number of nitrogens with zero attached hydrogens (tertiary/aromatic N) is 1. The van der Waals surface area contributed by atoms with Crippen molar-refractivity contribution < 1.29 is 0 Å². The molecular weight excluding hydrogens is 386 g/mol. The van der Waals surface area contributed by atoms with Crippen molar-refractivity contribution in [2.75, 3.05) is 10.6 Å². The minimum Gasteiger partial charge on any atom is -0.371 e. The second-order valence-corrected chi connectivity index (χ2v) is 7.65. The van der Waals surface area contributed by atoms with Crippen molar-refractivity contribution in [3.05, 3.63) is 58.6 Å². The first kappa shape index (κ1) is 19.0. The third kappa shape index (κ3) is 4.12.